The molecule has 0 saturated heterocycles. The Morgan fingerprint density at radius 2 is 1.23 bits per heavy atom. The molecule has 0 aliphatic rings. The molecule has 0 saturated carbocycles. The zero-order valence-corrected chi connectivity index (χ0v) is 15.3. The fourth-order valence-corrected chi connectivity index (χ4v) is 3.19. The second-order valence-corrected chi connectivity index (χ2v) is 6.14. The van der Waals surface area contributed by atoms with E-state index in [-0.39, 0.29) is 28.0 Å². The van der Waals surface area contributed by atoms with Crippen molar-refractivity contribution in [2.45, 2.75) is 24.5 Å². The highest BCUT2D eigenvalue weighted by Gasteiger charge is 2.20. The van der Waals surface area contributed by atoms with E-state index in [0.717, 1.165) is 0 Å². The number of benzene rings is 2. The van der Waals surface area contributed by atoms with Crippen LogP contribution in [0.1, 0.15) is 38.2 Å². The number of ketones is 1. The van der Waals surface area contributed by atoms with Crippen LogP contribution in [0.25, 0.3) is 0 Å². The van der Waals surface area contributed by atoms with Crippen LogP contribution in [-0.2, 0) is 10.7 Å². The van der Waals surface area contributed by atoms with Gasteiger partial charge >= 0.3 is 0 Å². The third kappa shape index (κ3) is 3.01. The van der Waals surface area contributed by atoms with Gasteiger partial charge in [0.1, 0.15) is 11.6 Å². The van der Waals surface area contributed by atoms with E-state index >= 15 is 0 Å². The SMILES string of the molecule is Cc1c(C(=O)c2ccc(CBr)c(F)c2C)ccc(CBr)c1F. The highest BCUT2D eigenvalue weighted by atomic mass is 79.9. The zero-order valence-electron chi connectivity index (χ0n) is 12.1. The third-order valence-electron chi connectivity index (χ3n) is 3.71. The predicted octanol–water partition coefficient (Wildman–Crippen LogP) is 5.60. The molecule has 0 amide bonds. The van der Waals surface area contributed by atoms with Crippen LogP contribution in [0.15, 0.2) is 24.3 Å². The quantitative estimate of drug-likeness (QED) is 0.454. The summed E-state index contributed by atoms with van der Waals surface area (Å²) < 4.78 is 28.3. The molecule has 0 fully saturated rings. The number of carbonyl (C=O) groups is 1. The van der Waals surface area contributed by atoms with Crippen LogP contribution < -0.4 is 0 Å². The lowest BCUT2D eigenvalue weighted by atomic mass is 9.93. The Morgan fingerprint density at radius 1 is 0.864 bits per heavy atom. The Labute approximate surface area is 145 Å². The largest absolute Gasteiger partial charge is 0.289 e. The summed E-state index contributed by atoms with van der Waals surface area (Å²) >= 11 is 6.41. The van der Waals surface area contributed by atoms with Gasteiger partial charge in [0.25, 0.3) is 0 Å². The first-order chi connectivity index (χ1) is 10.4. The number of halogens is 4. The van der Waals surface area contributed by atoms with Crippen LogP contribution in [0.2, 0.25) is 0 Å². The summed E-state index contributed by atoms with van der Waals surface area (Å²) in [5, 5.41) is 0.753. The van der Waals surface area contributed by atoms with Crippen molar-refractivity contribution in [1.29, 1.82) is 0 Å². The number of hydrogen-bond donors (Lipinski definition) is 0. The lowest BCUT2D eigenvalue weighted by molar-refractivity contribution is 0.103. The van der Waals surface area contributed by atoms with Gasteiger partial charge in [-0.2, -0.15) is 0 Å². The van der Waals surface area contributed by atoms with Gasteiger partial charge in [-0.05, 0) is 36.1 Å². The van der Waals surface area contributed by atoms with Crippen LogP contribution in [-0.4, -0.2) is 5.78 Å². The van der Waals surface area contributed by atoms with Crippen molar-refractivity contribution < 1.29 is 13.6 Å². The van der Waals surface area contributed by atoms with E-state index in [4.69, 9.17) is 0 Å². The van der Waals surface area contributed by atoms with E-state index in [1.54, 1.807) is 38.1 Å². The minimum absolute atomic E-state index is 0.260. The Hall–Kier alpha value is -1.07. The first kappa shape index (κ1) is 17.3. The maximum atomic E-state index is 14.2. The van der Waals surface area contributed by atoms with Gasteiger partial charge in [-0.15, -0.1) is 0 Å². The lowest BCUT2D eigenvalue weighted by Crippen LogP contribution is -2.10. The molecule has 0 atom stereocenters. The smallest absolute Gasteiger partial charge is 0.193 e. The van der Waals surface area contributed by atoms with Crippen molar-refractivity contribution in [3.05, 3.63) is 69.3 Å². The van der Waals surface area contributed by atoms with Crippen LogP contribution in [0.4, 0.5) is 8.78 Å². The van der Waals surface area contributed by atoms with Gasteiger partial charge < -0.3 is 0 Å². The standard InChI is InChI=1S/C17H14Br2F2O/c1-9-13(5-3-11(7-18)15(9)20)17(22)14-6-4-12(8-19)16(21)10(14)2/h3-6H,7-8H2,1-2H3. The molecular weight excluding hydrogens is 418 g/mol. The fraction of sp³-hybridized carbons (Fsp3) is 0.235. The number of rotatable bonds is 4. The van der Waals surface area contributed by atoms with Gasteiger partial charge in [-0.3, -0.25) is 4.79 Å². The molecule has 0 bridgehead atoms. The molecule has 22 heavy (non-hydrogen) atoms. The lowest BCUT2D eigenvalue weighted by Gasteiger charge is -2.12. The molecule has 2 aromatic carbocycles. The molecule has 0 unspecified atom stereocenters. The molecule has 2 rings (SSSR count). The Kier molecular flexibility index (Phi) is 5.50. The maximum absolute atomic E-state index is 14.2. The second kappa shape index (κ2) is 7.01. The van der Waals surface area contributed by atoms with Gasteiger partial charge in [0, 0.05) is 21.8 Å². The van der Waals surface area contributed by atoms with E-state index in [9.17, 15) is 13.6 Å². The summed E-state index contributed by atoms with van der Waals surface area (Å²) in [6.45, 7) is 3.13. The molecule has 5 heteroatoms. The van der Waals surface area contributed by atoms with Gasteiger partial charge in [0.15, 0.2) is 5.78 Å². The first-order valence-corrected chi connectivity index (χ1v) is 8.89. The minimum Gasteiger partial charge on any atom is -0.289 e. The predicted molar refractivity (Wildman–Crippen MR) is 91.0 cm³/mol. The Bertz CT molecular complexity index is 680. The number of alkyl halides is 2. The average molecular weight is 432 g/mol. The zero-order chi connectivity index (χ0) is 16.4. The molecule has 1 nitrogen and oxygen atoms in total. The second-order valence-electron chi connectivity index (χ2n) is 5.02. The summed E-state index contributed by atoms with van der Waals surface area (Å²) in [7, 11) is 0. The summed E-state index contributed by atoms with van der Waals surface area (Å²) in [5.74, 6) is -1.18. The summed E-state index contributed by atoms with van der Waals surface area (Å²) in [6.07, 6.45) is 0. The molecule has 0 aliphatic heterocycles. The monoisotopic (exact) mass is 430 g/mol. The first-order valence-electron chi connectivity index (χ1n) is 6.65. The van der Waals surface area contributed by atoms with Gasteiger partial charge in [0.05, 0.1) is 0 Å². The number of hydrogen-bond acceptors (Lipinski definition) is 1. The topological polar surface area (TPSA) is 17.1 Å². The highest BCUT2D eigenvalue weighted by molar-refractivity contribution is 9.08. The van der Waals surface area contributed by atoms with Crippen molar-refractivity contribution in [3.8, 4) is 0 Å². The fourth-order valence-electron chi connectivity index (χ4n) is 2.33. The van der Waals surface area contributed by atoms with E-state index in [1.807, 2.05) is 0 Å². The van der Waals surface area contributed by atoms with E-state index in [1.165, 1.54) is 0 Å². The normalized spacial score (nSPS) is 10.8. The van der Waals surface area contributed by atoms with Gasteiger partial charge in [0.2, 0.25) is 0 Å². The summed E-state index contributed by atoms with van der Waals surface area (Å²) in [4.78, 5) is 12.6. The molecule has 0 spiro atoms. The van der Waals surface area contributed by atoms with Gasteiger partial charge in [-0.1, -0.05) is 56.1 Å². The Morgan fingerprint density at radius 3 is 1.55 bits per heavy atom. The van der Waals surface area contributed by atoms with Gasteiger partial charge in [-0.25, -0.2) is 8.78 Å². The molecule has 0 aromatic heterocycles. The summed E-state index contributed by atoms with van der Waals surface area (Å²) in [6, 6.07) is 6.33. The highest BCUT2D eigenvalue weighted by Crippen LogP contribution is 2.25. The number of carbonyl (C=O) groups excluding carboxylic acids is 1. The molecule has 0 heterocycles. The van der Waals surface area contributed by atoms with Crippen molar-refractivity contribution in [2.24, 2.45) is 0 Å². The molecule has 2 aromatic rings. The maximum Gasteiger partial charge on any atom is 0.193 e. The van der Waals surface area contributed by atoms with Crippen molar-refractivity contribution in [1.82, 2.24) is 0 Å². The third-order valence-corrected chi connectivity index (χ3v) is 4.92. The minimum atomic E-state index is -0.405. The molecular formula is C17H14Br2F2O. The van der Waals surface area contributed by atoms with Crippen molar-refractivity contribution in [3.63, 3.8) is 0 Å². The summed E-state index contributed by atoms with van der Waals surface area (Å²) in [5.41, 5.74) is 2.07. The molecule has 0 N–H and O–H groups in total. The molecule has 116 valence electrons. The van der Waals surface area contributed by atoms with Crippen LogP contribution in [0, 0.1) is 25.5 Å². The van der Waals surface area contributed by atoms with Crippen LogP contribution >= 0.6 is 31.9 Å². The van der Waals surface area contributed by atoms with Crippen molar-refractivity contribution in [2.75, 3.05) is 0 Å². The Balaban J connectivity index is 2.54. The molecule has 0 aliphatic carbocycles. The average Bonchev–Trinajstić information content (AvgIpc) is 2.52. The molecule has 0 radical (unpaired) electrons. The van der Waals surface area contributed by atoms with Crippen LogP contribution in [0.3, 0.4) is 0 Å². The van der Waals surface area contributed by atoms with E-state index in [0.29, 0.717) is 21.8 Å². The van der Waals surface area contributed by atoms with E-state index < -0.39 is 11.6 Å². The van der Waals surface area contributed by atoms with E-state index in [2.05, 4.69) is 31.9 Å². The van der Waals surface area contributed by atoms with Crippen molar-refractivity contribution >= 4 is 37.6 Å². The van der Waals surface area contributed by atoms with Crippen LogP contribution in [0.5, 0.6) is 0 Å².